The average Bonchev–Trinajstić information content (AvgIpc) is 2.41. The highest BCUT2D eigenvalue weighted by Crippen LogP contribution is 2.36. The van der Waals surface area contributed by atoms with E-state index in [-0.39, 0.29) is 5.69 Å². The molecule has 1 heterocycles. The zero-order chi connectivity index (χ0) is 19.5. The molecule has 1 aromatic heterocycles. The molecule has 0 aliphatic heterocycles. The minimum atomic E-state index is -5.83. The van der Waals surface area contributed by atoms with Gasteiger partial charge in [0, 0.05) is 5.69 Å². The first kappa shape index (κ1) is 20.7. The fourth-order valence-electron chi connectivity index (χ4n) is 1.37. The number of nitrogens with one attached hydrogen (secondary N) is 2. The monoisotopic (exact) mass is 393 g/mol. The largest absolute Gasteiger partial charge is 0.483 e. The summed E-state index contributed by atoms with van der Waals surface area (Å²) in [5.41, 5.74) is 0.265. The summed E-state index contributed by atoms with van der Waals surface area (Å²) in [4.78, 5) is 14.0. The zero-order valence-corrected chi connectivity index (χ0v) is 13.2. The van der Waals surface area contributed by atoms with Gasteiger partial charge >= 0.3 is 18.2 Å². The van der Waals surface area contributed by atoms with Crippen molar-refractivity contribution < 1.29 is 45.0 Å². The normalized spacial score (nSPS) is 12.6. The molecule has 0 aromatic carbocycles. The first-order valence-corrected chi connectivity index (χ1v) is 7.91. The smallest absolute Gasteiger partial charge is 0.456 e. The van der Waals surface area contributed by atoms with Gasteiger partial charge in [-0.05, 0) is 19.1 Å². The van der Waals surface area contributed by atoms with Gasteiger partial charge in [0.2, 0.25) is 0 Å². The Hall–Kier alpha value is -2.38. The van der Waals surface area contributed by atoms with Crippen molar-refractivity contribution in [2.75, 3.05) is 17.8 Å². The lowest BCUT2D eigenvalue weighted by Gasteiger charge is -2.20. The lowest BCUT2D eigenvalue weighted by molar-refractivity contribution is -0.289. The highest BCUT2D eigenvalue weighted by Gasteiger charge is 2.58. The lowest BCUT2D eigenvalue weighted by atomic mass is 10.3. The predicted octanol–water partition coefficient (Wildman–Crippen LogP) is 1.93. The number of pyridine rings is 1. The van der Waals surface area contributed by atoms with Crippen molar-refractivity contribution in [2.24, 2.45) is 0 Å². The Balaban J connectivity index is 2.91. The molecule has 0 saturated carbocycles. The standard InChI is InChI=1S/C11H12F5N3O5S/c1-6-2-3-7(24-4-10(12,13)11(14,15)16)8(18-6)17-5-25(22,23)19-9(20)21/h2-3,19H,4-5H2,1H3,(H,17,18)(H,20,21). The predicted molar refractivity (Wildman–Crippen MR) is 74.0 cm³/mol. The highest BCUT2D eigenvalue weighted by atomic mass is 32.2. The summed E-state index contributed by atoms with van der Waals surface area (Å²) in [6.45, 7) is -0.612. The lowest BCUT2D eigenvalue weighted by Crippen LogP contribution is -2.41. The Bertz CT molecular complexity index is 738. The van der Waals surface area contributed by atoms with Crippen molar-refractivity contribution in [3.05, 3.63) is 17.8 Å². The molecule has 3 N–H and O–H groups in total. The molecule has 0 radical (unpaired) electrons. The number of aromatic nitrogens is 1. The Labute approximate surface area is 138 Å². The molecule has 8 nitrogen and oxygen atoms in total. The molecular weight excluding hydrogens is 381 g/mol. The summed E-state index contributed by atoms with van der Waals surface area (Å²) in [5, 5.41) is 10.4. The van der Waals surface area contributed by atoms with Crippen molar-refractivity contribution in [3.63, 3.8) is 0 Å². The molecule has 142 valence electrons. The number of ether oxygens (including phenoxy) is 1. The number of aryl methyl sites for hydroxylation is 1. The SMILES string of the molecule is Cc1ccc(OCC(F)(F)C(F)(F)F)c(NCS(=O)(=O)NC(=O)O)n1. The zero-order valence-electron chi connectivity index (χ0n) is 12.4. The molecule has 1 aromatic rings. The third kappa shape index (κ3) is 6.21. The fraction of sp³-hybridized carbons (Fsp3) is 0.455. The van der Waals surface area contributed by atoms with Crippen LogP contribution >= 0.6 is 0 Å². The second kappa shape index (κ2) is 7.25. The van der Waals surface area contributed by atoms with E-state index < -0.39 is 52.3 Å². The summed E-state index contributed by atoms with van der Waals surface area (Å²) in [5.74, 6) is -7.19. The van der Waals surface area contributed by atoms with E-state index in [1.807, 2.05) is 0 Å². The highest BCUT2D eigenvalue weighted by molar-refractivity contribution is 7.90. The number of hydrogen-bond donors (Lipinski definition) is 3. The number of halogens is 5. The van der Waals surface area contributed by atoms with E-state index in [0.717, 1.165) is 6.07 Å². The number of carboxylic acid groups (broad SMARTS) is 1. The van der Waals surface area contributed by atoms with Crippen molar-refractivity contribution in [2.45, 2.75) is 19.0 Å². The maximum absolute atomic E-state index is 12.9. The molecular formula is C11H12F5N3O5S. The first-order chi connectivity index (χ1) is 11.2. The fourth-order valence-corrected chi connectivity index (χ4v) is 2.03. The van der Waals surface area contributed by atoms with Crippen LogP contribution in [0.25, 0.3) is 0 Å². The molecule has 1 rings (SSSR count). The number of rotatable bonds is 7. The van der Waals surface area contributed by atoms with E-state index in [4.69, 9.17) is 5.11 Å². The van der Waals surface area contributed by atoms with Gasteiger partial charge in [0.25, 0.3) is 10.0 Å². The number of alkyl halides is 5. The van der Waals surface area contributed by atoms with Gasteiger partial charge in [-0.1, -0.05) is 0 Å². The van der Waals surface area contributed by atoms with Gasteiger partial charge in [0.15, 0.2) is 18.2 Å². The van der Waals surface area contributed by atoms with Crippen LogP contribution in [-0.4, -0.2) is 49.2 Å². The number of carbonyl (C=O) groups is 1. The van der Waals surface area contributed by atoms with Crippen LogP contribution in [0.2, 0.25) is 0 Å². The number of sulfonamides is 1. The summed E-state index contributed by atoms with van der Waals surface area (Å²) in [6.07, 6.45) is -7.69. The van der Waals surface area contributed by atoms with Crippen LogP contribution in [0.4, 0.5) is 32.6 Å². The van der Waals surface area contributed by atoms with E-state index in [1.54, 1.807) is 0 Å². The van der Waals surface area contributed by atoms with Crippen molar-refractivity contribution in [1.82, 2.24) is 9.71 Å². The van der Waals surface area contributed by atoms with Crippen molar-refractivity contribution >= 4 is 21.9 Å². The summed E-state index contributed by atoms with van der Waals surface area (Å²) in [7, 11) is -4.36. The third-order valence-electron chi connectivity index (χ3n) is 2.49. The first-order valence-electron chi connectivity index (χ1n) is 6.26. The number of hydrogen-bond acceptors (Lipinski definition) is 6. The van der Waals surface area contributed by atoms with E-state index in [2.05, 4.69) is 15.0 Å². The third-order valence-corrected chi connectivity index (χ3v) is 3.50. The Morgan fingerprint density at radius 1 is 1.28 bits per heavy atom. The van der Waals surface area contributed by atoms with Crippen LogP contribution in [0.3, 0.4) is 0 Å². The van der Waals surface area contributed by atoms with E-state index in [1.165, 1.54) is 17.7 Å². The minimum Gasteiger partial charge on any atom is -0.483 e. The molecule has 25 heavy (non-hydrogen) atoms. The molecule has 0 unspecified atom stereocenters. The quantitative estimate of drug-likeness (QED) is 0.606. The molecule has 0 aliphatic rings. The van der Waals surface area contributed by atoms with Gasteiger partial charge in [-0.2, -0.15) is 22.0 Å². The molecule has 1 amide bonds. The van der Waals surface area contributed by atoms with Crippen LogP contribution in [0.1, 0.15) is 5.69 Å². The van der Waals surface area contributed by atoms with Crippen LogP contribution in [0.15, 0.2) is 12.1 Å². The van der Waals surface area contributed by atoms with Crippen LogP contribution < -0.4 is 14.8 Å². The molecule has 0 fully saturated rings. The maximum atomic E-state index is 12.9. The molecule has 0 spiro atoms. The van der Waals surface area contributed by atoms with E-state index in [0.29, 0.717) is 0 Å². The molecule has 0 atom stereocenters. The second-order valence-corrected chi connectivity index (χ2v) is 6.36. The topological polar surface area (TPSA) is 118 Å². The van der Waals surface area contributed by atoms with Gasteiger partial charge in [0.1, 0.15) is 5.88 Å². The number of anilines is 1. The number of nitrogens with zero attached hydrogens (tertiary/aromatic N) is 1. The van der Waals surface area contributed by atoms with Gasteiger partial charge in [-0.15, -0.1) is 0 Å². The van der Waals surface area contributed by atoms with Gasteiger partial charge in [-0.25, -0.2) is 22.9 Å². The van der Waals surface area contributed by atoms with E-state index in [9.17, 15) is 35.2 Å². The Kier molecular flexibility index (Phi) is 5.99. The summed E-state index contributed by atoms with van der Waals surface area (Å²) < 4.78 is 90.5. The van der Waals surface area contributed by atoms with Gasteiger partial charge in [-0.3, -0.25) is 0 Å². The second-order valence-electron chi connectivity index (χ2n) is 4.63. The Morgan fingerprint density at radius 3 is 2.40 bits per heavy atom. The maximum Gasteiger partial charge on any atom is 0.456 e. The molecule has 0 aliphatic carbocycles. The molecule has 0 bridgehead atoms. The minimum absolute atomic E-state index is 0.265. The average molecular weight is 393 g/mol. The van der Waals surface area contributed by atoms with Crippen LogP contribution in [0, 0.1) is 6.92 Å². The molecule has 14 heteroatoms. The van der Waals surface area contributed by atoms with Crippen molar-refractivity contribution in [3.8, 4) is 5.75 Å². The number of amides is 1. The van der Waals surface area contributed by atoms with Gasteiger partial charge in [0.05, 0.1) is 0 Å². The van der Waals surface area contributed by atoms with E-state index >= 15 is 0 Å². The van der Waals surface area contributed by atoms with Crippen molar-refractivity contribution in [1.29, 1.82) is 0 Å². The van der Waals surface area contributed by atoms with Gasteiger partial charge < -0.3 is 15.2 Å². The molecule has 0 saturated heterocycles. The van der Waals surface area contributed by atoms with Crippen LogP contribution in [0.5, 0.6) is 5.75 Å². The summed E-state index contributed by atoms with van der Waals surface area (Å²) in [6, 6.07) is 2.24. The Morgan fingerprint density at radius 2 is 1.88 bits per heavy atom. The van der Waals surface area contributed by atoms with Crippen LogP contribution in [-0.2, 0) is 10.0 Å². The summed E-state index contributed by atoms with van der Waals surface area (Å²) >= 11 is 0.